The average molecular weight is 714 g/mol. The van der Waals surface area contributed by atoms with E-state index in [1.807, 2.05) is 31.2 Å². The molecule has 2 aromatic heterocycles. The highest BCUT2D eigenvalue weighted by molar-refractivity contribution is 6.36. The number of ether oxygens (including phenoxy) is 1. The second-order valence-corrected chi connectivity index (χ2v) is 14.0. The number of fused-ring (bicyclic) bond motifs is 1. The fraction of sp³-hybridized carbons (Fsp3) is 0.378. The standard InChI is InChI=1S/C37H40ClN7O6/c1-21-23(7-6-10-27(21)39-32(47)26-18-42(2)36(50)43(3)34(26)48)24-8-5-9-25(31(24)38)28-17-22-11-12-29(30(22)33(40-28)51-4)44-14-13-37(19-44)20-45(15-16-46)35(49)41-37/h5-10,17-18,29,46H,11-16,19-20H2,1-4H3,(H,39,47)(H,41,49)/t29-,37-/m1/s1. The highest BCUT2D eigenvalue weighted by atomic mass is 35.5. The Labute approximate surface area is 299 Å². The van der Waals surface area contributed by atoms with Crippen LogP contribution in [0.1, 0.15) is 45.9 Å². The van der Waals surface area contributed by atoms with Gasteiger partial charge in [0, 0.05) is 74.9 Å². The lowest BCUT2D eigenvalue weighted by Crippen LogP contribution is -2.46. The molecule has 266 valence electrons. The van der Waals surface area contributed by atoms with E-state index in [9.17, 15) is 24.3 Å². The number of urea groups is 1. The van der Waals surface area contributed by atoms with Gasteiger partial charge in [0.05, 0.1) is 30.0 Å². The average Bonchev–Trinajstić information content (AvgIpc) is 3.82. The monoisotopic (exact) mass is 713 g/mol. The Morgan fingerprint density at radius 2 is 1.86 bits per heavy atom. The molecule has 7 rings (SSSR count). The second-order valence-electron chi connectivity index (χ2n) is 13.6. The Bertz CT molecular complexity index is 2200. The molecule has 3 amide bonds. The Morgan fingerprint density at radius 1 is 1.12 bits per heavy atom. The molecule has 0 radical (unpaired) electrons. The van der Waals surface area contributed by atoms with Crippen LogP contribution in [-0.4, -0.2) is 86.4 Å². The maximum Gasteiger partial charge on any atom is 0.330 e. The molecule has 1 aliphatic carbocycles. The van der Waals surface area contributed by atoms with Gasteiger partial charge in [-0.25, -0.2) is 14.6 Å². The molecule has 2 aromatic carbocycles. The van der Waals surface area contributed by atoms with Gasteiger partial charge >= 0.3 is 11.7 Å². The van der Waals surface area contributed by atoms with Crippen LogP contribution in [0.4, 0.5) is 10.5 Å². The minimum Gasteiger partial charge on any atom is -0.481 e. The molecule has 4 aromatic rings. The third-order valence-electron chi connectivity index (χ3n) is 10.5. The number of aliphatic hydroxyl groups excluding tert-OH is 1. The highest BCUT2D eigenvalue weighted by Crippen LogP contribution is 2.46. The quantitative estimate of drug-likeness (QED) is 0.251. The van der Waals surface area contributed by atoms with Crippen LogP contribution in [0.15, 0.2) is 58.3 Å². The van der Waals surface area contributed by atoms with Crippen molar-refractivity contribution < 1.29 is 19.4 Å². The molecule has 2 fully saturated rings. The van der Waals surface area contributed by atoms with Gasteiger partial charge in [-0.2, -0.15) is 0 Å². The lowest BCUT2D eigenvalue weighted by Gasteiger charge is -2.28. The van der Waals surface area contributed by atoms with Gasteiger partial charge in [-0.3, -0.25) is 19.1 Å². The normalized spacial score (nSPS) is 19.8. The summed E-state index contributed by atoms with van der Waals surface area (Å²) in [6.45, 7) is 4.25. The number of carbonyl (C=O) groups excluding carboxylic acids is 2. The number of pyridine rings is 1. The van der Waals surface area contributed by atoms with Gasteiger partial charge in [0.15, 0.2) is 0 Å². The van der Waals surface area contributed by atoms with E-state index in [0.29, 0.717) is 41.9 Å². The summed E-state index contributed by atoms with van der Waals surface area (Å²) >= 11 is 7.16. The Morgan fingerprint density at radius 3 is 2.63 bits per heavy atom. The molecule has 0 unspecified atom stereocenters. The number of rotatable bonds is 8. The molecule has 51 heavy (non-hydrogen) atoms. The maximum atomic E-state index is 13.2. The second kappa shape index (κ2) is 13.3. The van der Waals surface area contributed by atoms with E-state index in [-0.39, 0.29) is 29.8 Å². The van der Waals surface area contributed by atoms with Crippen LogP contribution >= 0.6 is 11.6 Å². The van der Waals surface area contributed by atoms with E-state index in [1.54, 1.807) is 24.1 Å². The predicted octanol–water partition coefficient (Wildman–Crippen LogP) is 3.49. The molecule has 2 atom stereocenters. The number of nitrogens with one attached hydrogen (secondary N) is 2. The van der Waals surface area contributed by atoms with Gasteiger partial charge in [-0.15, -0.1) is 0 Å². The molecule has 13 nitrogen and oxygen atoms in total. The van der Waals surface area contributed by atoms with E-state index in [0.717, 1.165) is 63.8 Å². The maximum absolute atomic E-state index is 13.2. The number of anilines is 1. The molecular weight excluding hydrogens is 674 g/mol. The first-order valence-corrected chi connectivity index (χ1v) is 17.3. The zero-order valence-corrected chi connectivity index (χ0v) is 29.7. The molecule has 2 saturated heterocycles. The number of carbonyl (C=O) groups is 2. The molecule has 3 N–H and O–H groups in total. The summed E-state index contributed by atoms with van der Waals surface area (Å²) in [6, 6.07) is 13.3. The van der Waals surface area contributed by atoms with Crippen molar-refractivity contribution in [3.8, 4) is 28.3 Å². The molecule has 4 heterocycles. The van der Waals surface area contributed by atoms with Crippen molar-refractivity contribution in [2.75, 3.05) is 45.2 Å². The Kier molecular flexibility index (Phi) is 8.98. The lowest BCUT2D eigenvalue weighted by atomic mass is 9.96. The lowest BCUT2D eigenvalue weighted by molar-refractivity contribution is 0.102. The minimum absolute atomic E-state index is 0.0610. The van der Waals surface area contributed by atoms with Crippen LogP contribution in [0.25, 0.3) is 22.4 Å². The van der Waals surface area contributed by atoms with Gasteiger partial charge in [-0.1, -0.05) is 41.9 Å². The molecule has 14 heteroatoms. The van der Waals surface area contributed by atoms with Crippen molar-refractivity contribution in [3.63, 3.8) is 0 Å². The molecule has 0 bridgehead atoms. The summed E-state index contributed by atoms with van der Waals surface area (Å²) in [7, 11) is 4.45. The fourth-order valence-electron chi connectivity index (χ4n) is 7.88. The van der Waals surface area contributed by atoms with E-state index >= 15 is 0 Å². The summed E-state index contributed by atoms with van der Waals surface area (Å²) in [5.41, 5.74) is 4.73. The van der Waals surface area contributed by atoms with Crippen LogP contribution in [0, 0.1) is 6.92 Å². The minimum atomic E-state index is -0.680. The number of β-amino-alcohol motifs (C(OH)–C–C–N with tert-alkyl or cyclic N) is 1. The number of amides is 3. The van der Waals surface area contributed by atoms with Gasteiger partial charge < -0.3 is 29.9 Å². The number of aliphatic hydroxyl groups is 1. The van der Waals surface area contributed by atoms with E-state index in [4.69, 9.17) is 21.3 Å². The van der Waals surface area contributed by atoms with Gasteiger partial charge in [0.2, 0.25) is 5.88 Å². The van der Waals surface area contributed by atoms with Crippen LogP contribution in [0.3, 0.4) is 0 Å². The fourth-order valence-corrected chi connectivity index (χ4v) is 8.21. The number of hydrogen-bond donors (Lipinski definition) is 3. The zero-order valence-electron chi connectivity index (χ0n) is 29.0. The van der Waals surface area contributed by atoms with Gasteiger partial charge in [0.1, 0.15) is 5.56 Å². The van der Waals surface area contributed by atoms with E-state index < -0.39 is 17.2 Å². The van der Waals surface area contributed by atoms with Crippen molar-refractivity contribution in [1.29, 1.82) is 0 Å². The van der Waals surface area contributed by atoms with Gasteiger partial charge in [-0.05, 0) is 55.0 Å². The van der Waals surface area contributed by atoms with E-state index in [2.05, 4.69) is 21.6 Å². The summed E-state index contributed by atoms with van der Waals surface area (Å²) < 4.78 is 8.01. The topological polar surface area (TPSA) is 151 Å². The van der Waals surface area contributed by atoms with Crippen LogP contribution in [0.2, 0.25) is 5.02 Å². The van der Waals surface area contributed by atoms with Crippen LogP contribution in [0.5, 0.6) is 5.88 Å². The number of benzene rings is 2. The number of aryl methyl sites for hydroxylation is 2. The summed E-state index contributed by atoms with van der Waals surface area (Å²) in [5.74, 6) is -0.0740. The Balaban J connectivity index is 1.16. The van der Waals surface area contributed by atoms with Crippen molar-refractivity contribution >= 4 is 29.2 Å². The summed E-state index contributed by atoms with van der Waals surface area (Å²) in [6.07, 6.45) is 3.81. The first kappa shape index (κ1) is 34.5. The number of aromatic nitrogens is 3. The van der Waals surface area contributed by atoms with Crippen molar-refractivity contribution in [3.05, 3.63) is 96.8 Å². The number of nitrogens with zero attached hydrogens (tertiary/aromatic N) is 5. The van der Waals surface area contributed by atoms with Crippen molar-refractivity contribution in [2.45, 2.75) is 37.8 Å². The highest BCUT2D eigenvalue weighted by Gasteiger charge is 2.49. The number of likely N-dealkylation sites (tertiary alicyclic amines) is 1. The Hall–Kier alpha value is -4.98. The number of hydrogen-bond acceptors (Lipinski definition) is 8. The number of halogens is 1. The predicted molar refractivity (Wildman–Crippen MR) is 193 cm³/mol. The zero-order chi connectivity index (χ0) is 36.2. The third-order valence-corrected chi connectivity index (χ3v) is 10.9. The SMILES string of the molecule is COc1nc(-c2cccc(-c3cccc(NC(=O)c4cn(C)c(=O)n(C)c4=O)c3C)c2Cl)cc2c1[C@H](N1CC[C@]3(CN(CCO)C(=O)N3)C1)CC2. The third kappa shape index (κ3) is 5.98. The van der Waals surface area contributed by atoms with Crippen molar-refractivity contribution in [2.24, 2.45) is 14.1 Å². The summed E-state index contributed by atoms with van der Waals surface area (Å²) in [4.78, 5) is 59.7. The van der Waals surface area contributed by atoms with Crippen LogP contribution < -0.4 is 26.6 Å². The summed E-state index contributed by atoms with van der Waals surface area (Å²) in [5, 5.41) is 15.9. The number of methoxy groups -OCH3 is 1. The van der Waals surface area contributed by atoms with Crippen molar-refractivity contribution in [1.82, 2.24) is 29.2 Å². The molecule has 0 saturated carbocycles. The molecule has 3 aliphatic rings. The largest absolute Gasteiger partial charge is 0.481 e. The first-order chi connectivity index (χ1) is 24.4. The first-order valence-electron chi connectivity index (χ1n) is 16.9. The van der Waals surface area contributed by atoms with Crippen LogP contribution in [-0.2, 0) is 20.5 Å². The van der Waals surface area contributed by atoms with E-state index in [1.165, 1.54) is 24.9 Å². The molecule has 2 aliphatic heterocycles. The molecular formula is C37H40ClN7O6. The van der Waals surface area contributed by atoms with Gasteiger partial charge in [0.25, 0.3) is 11.5 Å². The smallest absolute Gasteiger partial charge is 0.330 e. The molecule has 1 spiro atoms.